The molecule has 0 saturated carbocycles. The number of Topliss-reactive ketones (excluding diaryl/α,β-unsaturated/α-hetero) is 1. The Kier molecular flexibility index (Phi) is 21.9. The number of hydrogen-bond donors (Lipinski definition) is 3. The van der Waals surface area contributed by atoms with E-state index in [9.17, 15) is 24.0 Å². The summed E-state index contributed by atoms with van der Waals surface area (Å²) in [4.78, 5) is 63.8. The third kappa shape index (κ3) is 15.0. The number of ketones is 1. The third-order valence-electron chi connectivity index (χ3n) is 8.46. The summed E-state index contributed by atoms with van der Waals surface area (Å²) in [5.74, 6) is -1.24. The second-order valence-corrected chi connectivity index (χ2v) is 16.9. The van der Waals surface area contributed by atoms with Gasteiger partial charge in [-0.25, -0.2) is 4.79 Å². The number of carbonyl (C=O) groups is 5. The number of unbranched alkanes of at least 4 members (excludes halogenated alkanes) is 1. The van der Waals surface area contributed by atoms with Crippen molar-refractivity contribution in [1.82, 2.24) is 10.6 Å². The lowest BCUT2D eigenvalue weighted by atomic mass is 10.1. The number of esters is 2. The van der Waals surface area contributed by atoms with E-state index in [1.165, 1.54) is 27.7 Å². The zero-order valence-corrected chi connectivity index (χ0v) is 34.0. The van der Waals surface area contributed by atoms with Crippen LogP contribution in [0.1, 0.15) is 58.8 Å². The lowest BCUT2D eigenvalue weighted by Crippen LogP contribution is -3.00. The summed E-state index contributed by atoms with van der Waals surface area (Å²) >= 11 is 1.42. The molecule has 2 amide bonds. The van der Waals surface area contributed by atoms with Crippen molar-refractivity contribution < 1.29 is 50.4 Å². The molecule has 0 heterocycles. The molecule has 3 aromatic rings. The molecule has 0 aliphatic carbocycles. The highest BCUT2D eigenvalue weighted by Gasteiger charge is 2.44. The van der Waals surface area contributed by atoms with Gasteiger partial charge in [-0.2, -0.15) is 11.8 Å². The van der Waals surface area contributed by atoms with Crippen LogP contribution >= 0.6 is 19.0 Å². The van der Waals surface area contributed by atoms with Crippen molar-refractivity contribution in [3.8, 4) is 0 Å². The Morgan fingerprint density at radius 1 is 0.679 bits per heavy atom. The summed E-state index contributed by atoms with van der Waals surface area (Å²) in [6.07, 6.45) is 2.18. The molecule has 10 nitrogen and oxygen atoms in total. The Morgan fingerprint density at radius 3 is 1.70 bits per heavy atom. The Balaban J connectivity index is 0.00000972. The molecule has 3 rings (SSSR count). The fourth-order valence-electron chi connectivity index (χ4n) is 5.95. The standard InChI is InChI=1S/C40H52N3O7PS.BrH/c1-3-49-39(47)26-24-36(44)35(30-52-29-27-41)43-38(46)25-23-34(40(48)50-4-2)42-37(45)22-14-15-28-51(31-16-8-5-9-17-31,32-18-10-6-11-19-32)33-20-12-7-13-21-33;/h5-13,16-21,34-35H,3-4,14-15,22-30,41H2,1-2H3,(H-,42,43,45,46);1H. The maximum Gasteiger partial charge on any atom is 0.328 e. The molecule has 0 radical (unpaired) electrons. The molecule has 0 aromatic heterocycles. The van der Waals surface area contributed by atoms with Crippen LogP contribution in [-0.2, 0) is 33.4 Å². The largest absolute Gasteiger partial charge is 1.00 e. The first-order valence-electron chi connectivity index (χ1n) is 18.0. The molecule has 13 heteroatoms. The highest BCUT2D eigenvalue weighted by atomic mass is 79.9. The van der Waals surface area contributed by atoms with E-state index in [1.807, 2.05) is 18.2 Å². The third-order valence-corrected chi connectivity index (χ3v) is 14.1. The van der Waals surface area contributed by atoms with Crippen molar-refractivity contribution >= 4 is 64.5 Å². The van der Waals surface area contributed by atoms with Crippen LogP contribution in [0.5, 0.6) is 0 Å². The molecule has 0 aliphatic heterocycles. The van der Waals surface area contributed by atoms with Crippen LogP contribution in [0.3, 0.4) is 0 Å². The smallest absolute Gasteiger partial charge is 0.328 e. The number of nitrogens with two attached hydrogens (primary N) is 1. The summed E-state index contributed by atoms with van der Waals surface area (Å²) in [6, 6.07) is 29.8. The number of rotatable bonds is 24. The first kappa shape index (κ1) is 45.6. The van der Waals surface area contributed by atoms with Gasteiger partial charge in [0.15, 0.2) is 5.78 Å². The van der Waals surface area contributed by atoms with E-state index in [4.69, 9.17) is 15.2 Å². The number of hydrogen-bond acceptors (Lipinski definition) is 9. The van der Waals surface area contributed by atoms with Crippen LogP contribution in [0, 0.1) is 0 Å². The van der Waals surface area contributed by atoms with Crippen molar-refractivity contribution in [2.45, 2.75) is 70.9 Å². The maximum atomic E-state index is 13.2. The predicted molar refractivity (Wildman–Crippen MR) is 211 cm³/mol. The molecule has 3 aromatic carbocycles. The molecular formula is C40H53BrN3O7PS. The van der Waals surface area contributed by atoms with Gasteiger partial charge in [0.2, 0.25) is 11.8 Å². The summed E-state index contributed by atoms with van der Waals surface area (Å²) < 4.78 is 10.1. The second kappa shape index (κ2) is 25.4. The minimum atomic E-state index is -2.03. The number of ether oxygens (including phenoxy) is 2. The number of carbonyl (C=O) groups excluding carboxylic acids is 5. The van der Waals surface area contributed by atoms with Gasteiger partial charge in [0.1, 0.15) is 29.2 Å². The fourth-order valence-corrected chi connectivity index (χ4v) is 11.2. The van der Waals surface area contributed by atoms with E-state index in [2.05, 4.69) is 83.4 Å². The molecule has 0 fully saturated rings. The topological polar surface area (TPSA) is 154 Å². The van der Waals surface area contributed by atoms with E-state index >= 15 is 0 Å². The summed E-state index contributed by atoms with van der Waals surface area (Å²) in [5, 5.41) is 9.36. The van der Waals surface area contributed by atoms with Crippen LogP contribution in [0.25, 0.3) is 0 Å². The monoisotopic (exact) mass is 829 g/mol. The number of benzene rings is 3. The van der Waals surface area contributed by atoms with Gasteiger partial charge in [-0.1, -0.05) is 54.6 Å². The van der Waals surface area contributed by atoms with Gasteiger partial charge in [0.25, 0.3) is 0 Å². The molecule has 0 aliphatic rings. The van der Waals surface area contributed by atoms with Gasteiger partial charge in [0.05, 0.1) is 31.8 Å². The highest BCUT2D eigenvalue weighted by molar-refractivity contribution is 7.99. The first-order chi connectivity index (χ1) is 25.2. The Labute approximate surface area is 329 Å². The van der Waals surface area contributed by atoms with Gasteiger partial charge >= 0.3 is 11.9 Å². The Morgan fingerprint density at radius 2 is 1.19 bits per heavy atom. The molecule has 288 valence electrons. The summed E-state index contributed by atoms with van der Waals surface area (Å²) in [5.41, 5.74) is 5.60. The number of halogens is 1. The van der Waals surface area contributed by atoms with Crippen LogP contribution in [0.4, 0.5) is 0 Å². The van der Waals surface area contributed by atoms with E-state index in [0.717, 1.165) is 12.6 Å². The van der Waals surface area contributed by atoms with Crippen molar-refractivity contribution in [3.05, 3.63) is 91.0 Å². The van der Waals surface area contributed by atoms with Crippen LogP contribution < -0.4 is 49.3 Å². The number of nitrogens with one attached hydrogen (secondary N) is 2. The lowest BCUT2D eigenvalue weighted by molar-refractivity contribution is -0.147. The quantitative estimate of drug-likeness (QED) is 0.0684. The van der Waals surface area contributed by atoms with Crippen molar-refractivity contribution in [2.75, 3.05) is 37.4 Å². The van der Waals surface area contributed by atoms with Crippen LogP contribution in [-0.4, -0.2) is 79.0 Å². The van der Waals surface area contributed by atoms with Crippen molar-refractivity contribution in [3.63, 3.8) is 0 Å². The molecule has 2 atom stereocenters. The Hall–Kier alpha value is -3.57. The maximum absolute atomic E-state index is 13.2. The summed E-state index contributed by atoms with van der Waals surface area (Å²) in [6.45, 7) is 4.12. The van der Waals surface area contributed by atoms with Crippen LogP contribution in [0.2, 0.25) is 0 Å². The van der Waals surface area contributed by atoms with E-state index < -0.39 is 37.2 Å². The number of thioether (sulfide) groups is 1. The average Bonchev–Trinajstić information content (AvgIpc) is 3.16. The zero-order chi connectivity index (χ0) is 37.6. The fraction of sp³-hybridized carbons (Fsp3) is 0.425. The molecule has 0 spiro atoms. The summed E-state index contributed by atoms with van der Waals surface area (Å²) in [7, 11) is -2.03. The van der Waals surface area contributed by atoms with Gasteiger partial charge in [0, 0.05) is 37.3 Å². The molecular weight excluding hydrogens is 777 g/mol. The van der Waals surface area contributed by atoms with Gasteiger partial charge < -0.3 is 42.8 Å². The minimum absolute atomic E-state index is 0. The SMILES string of the molecule is CCOC(=O)CCC(=O)C(CSCCN)NC(=O)CCC(NC(=O)CCCC[P+](c1ccccc1)(c1ccccc1)c1ccccc1)C(=O)OCC.[Br-]. The van der Waals surface area contributed by atoms with E-state index in [0.29, 0.717) is 24.5 Å². The molecule has 2 unspecified atom stereocenters. The van der Waals surface area contributed by atoms with E-state index in [-0.39, 0.29) is 74.0 Å². The molecule has 4 N–H and O–H groups in total. The predicted octanol–water partition coefficient (Wildman–Crippen LogP) is 1.07. The van der Waals surface area contributed by atoms with Crippen LogP contribution in [0.15, 0.2) is 91.0 Å². The van der Waals surface area contributed by atoms with Gasteiger partial charge in [-0.05, 0) is 69.5 Å². The first-order valence-corrected chi connectivity index (χ1v) is 21.1. The lowest BCUT2D eigenvalue weighted by Gasteiger charge is -2.27. The van der Waals surface area contributed by atoms with Gasteiger partial charge in [-0.3, -0.25) is 19.2 Å². The average molecular weight is 831 g/mol. The molecule has 0 saturated heterocycles. The minimum Gasteiger partial charge on any atom is -1.00 e. The molecule has 53 heavy (non-hydrogen) atoms. The zero-order valence-electron chi connectivity index (χ0n) is 30.7. The van der Waals surface area contributed by atoms with Crippen molar-refractivity contribution in [1.29, 1.82) is 0 Å². The highest BCUT2D eigenvalue weighted by Crippen LogP contribution is 2.55. The Bertz CT molecular complexity index is 1460. The second-order valence-electron chi connectivity index (χ2n) is 12.2. The normalized spacial score (nSPS) is 12.1. The van der Waals surface area contributed by atoms with Crippen molar-refractivity contribution in [2.24, 2.45) is 5.73 Å². The van der Waals surface area contributed by atoms with E-state index in [1.54, 1.807) is 13.8 Å². The number of amides is 2. The van der Waals surface area contributed by atoms with Gasteiger partial charge in [-0.15, -0.1) is 0 Å². The molecule has 0 bridgehead atoms.